The summed E-state index contributed by atoms with van der Waals surface area (Å²) in [5.74, 6) is 1.01. The van der Waals surface area contributed by atoms with E-state index < -0.39 is 0 Å². The molecule has 0 amide bonds. The number of hydrogen-bond acceptors (Lipinski definition) is 5. The first-order chi connectivity index (χ1) is 6.65. The summed E-state index contributed by atoms with van der Waals surface area (Å²) in [7, 11) is 0. The summed E-state index contributed by atoms with van der Waals surface area (Å²) < 4.78 is 0. The average molecular weight is 197 g/mol. The molecule has 0 aliphatic carbocycles. The standard InChI is InChI=1S/C9H15N3O2/c1-6-3-8(11-7(2)4-13)12-9(5-14)10-6/h3,7,13-14H,4-5H2,1-2H3,(H,10,11,12)/t7-/m0/s1. The van der Waals surface area contributed by atoms with Gasteiger partial charge in [0.05, 0.1) is 6.61 Å². The van der Waals surface area contributed by atoms with Crippen LogP contribution in [0.3, 0.4) is 0 Å². The smallest absolute Gasteiger partial charge is 0.156 e. The van der Waals surface area contributed by atoms with Crippen molar-refractivity contribution >= 4 is 5.82 Å². The maximum Gasteiger partial charge on any atom is 0.156 e. The van der Waals surface area contributed by atoms with Crippen LogP contribution in [0.1, 0.15) is 18.4 Å². The largest absolute Gasteiger partial charge is 0.394 e. The summed E-state index contributed by atoms with van der Waals surface area (Å²) in [5, 5.41) is 20.7. The lowest BCUT2D eigenvalue weighted by Crippen LogP contribution is -2.20. The van der Waals surface area contributed by atoms with E-state index in [1.165, 1.54) is 0 Å². The Kier molecular flexibility index (Phi) is 3.79. The molecule has 0 unspecified atom stereocenters. The molecule has 0 aliphatic heterocycles. The third-order valence-corrected chi connectivity index (χ3v) is 1.71. The number of hydrogen-bond donors (Lipinski definition) is 3. The Morgan fingerprint density at radius 1 is 1.43 bits per heavy atom. The molecule has 1 heterocycles. The highest BCUT2D eigenvalue weighted by Crippen LogP contribution is 2.07. The number of nitrogens with one attached hydrogen (secondary N) is 1. The van der Waals surface area contributed by atoms with Crippen LogP contribution in [0.25, 0.3) is 0 Å². The monoisotopic (exact) mass is 197 g/mol. The molecule has 0 aliphatic rings. The molecule has 1 aromatic heterocycles. The highest BCUT2D eigenvalue weighted by Gasteiger charge is 2.04. The van der Waals surface area contributed by atoms with Crippen molar-refractivity contribution in [2.45, 2.75) is 26.5 Å². The van der Waals surface area contributed by atoms with Gasteiger partial charge in [0.2, 0.25) is 0 Å². The molecule has 5 heteroatoms. The van der Waals surface area contributed by atoms with E-state index in [0.717, 1.165) is 5.69 Å². The fourth-order valence-electron chi connectivity index (χ4n) is 1.07. The Morgan fingerprint density at radius 3 is 2.71 bits per heavy atom. The van der Waals surface area contributed by atoms with Crippen LogP contribution in [0.15, 0.2) is 6.07 Å². The highest BCUT2D eigenvalue weighted by molar-refractivity contribution is 5.36. The SMILES string of the molecule is Cc1cc(N[C@@H](C)CO)nc(CO)n1. The van der Waals surface area contributed by atoms with Crippen LogP contribution in [-0.2, 0) is 6.61 Å². The Bertz CT molecular complexity index is 304. The third kappa shape index (κ3) is 2.93. The minimum absolute atomic E-state index is 0.0392. The zero-order valence-electron chi connectivity index (χ0n) is 8.36. The lowest BCUT2D eigenvalue weighted by Gasteiger charge is -2.12. The fourth-order valence-corrected chi connectivity index (χ4v) is 1.07. The average Bonchev–Trinajstić information content (AvgIpc) is 2.16. The van der Waals surface area contributed by atoms with Crippen LogP contribution < -0.4 is 5.32 Å². The molecular formula is C9H15N3O2. The van der Waals surface area contributed by atoms with E-state index in [-0.39, 0.29) is 19.3 Å². The Hall–Kier alpha value is -1.20. The fraction of sp³-hybridized carbons (Fsp3) is 0.556. The normalized spacial score (nSPS) is 12.6. The molecular weight excluding hydrogens is 182 g/mol. The third-order valence-electron chi connectivity index (χ3n) is 1.71. The number of aryl methyl sites for hydroxylation is 1. The zero-order valence-corrected chi connectivity index (χ0v) is 8.36. The van der Waals surface area contributed by atoms with E-state index >= 15 is 0 Å². The number of anilines is 1. The number of rotatable bonds is 4. The van der Waals surface area contributed by atoms with Gasteiger partial charge < -0.3 is 15.5 Å². The second kappa shape index (κ2) is 4.88. The van der Waals surface area contributed by atoms with Gasteiger partial charge in [0.1, 0.15) is 12.4 Å². The molecule has 1 rings (SSSR count). The van der Waals surface area contributed by atoms with E-state index in [1.807, 2.05) is 13.8 Å². The van der Waals surface area contributed by atoms with Crippen LogP contribution in [0.4, 0.5) is 5.82 Å². The number of nitrogens with zero attached hydrogens (tertiary/aromatic N) is 2. The van der Waals surface area contributed by atoms with Crippen LogP contribution in [0.2, 0.25) is 0 Å². The summed E-state index contributed by atoms with van der Waals surface area (Å²) in [6.07, 6.45) is 0. The first-order valence-corrected chi connectivity index (χ1v) is 4.48. The van der Waals surface area contributed by atoms with Gasteiger partial charge in [-0.2, -0.15) is 0 Å². The number of aliphatic hydroxyl groups excluding tert-OH is 2. The van der Waals surface area contributed by atoms with Gasteiger partial charge in [-0.25, -0.2) is 9.97 Å². The van der Waals surface area contributed by atoms with Crippen molar-refractivity contribution in [1.82, 2.24) is 9.97 Å². The predicted octanol–water partition coefficient (Wildman–Crippen LogP) is 0.0700. The summed E-state index contributed by atoms with van der Waals surface area (Å²) in [5.41, 5.74) is 0.789. The summed E-state index contributed by atoms with van der Waals surface area (Å²) in [4.78, 5) is 8.08. The lowest BCUT2D eigenvalue weighted by molar-refractivity contribution is 0.270. The van der Waals surface area contributed by atoms with E-state index in [4.69, 9.17) is 10.2 Å². The molecule has 0 bridgehead atoms. The van der Waals surface area contributed by atoms with Gasteiger partial charge in [-0.05, 0) is 13.8 Å². The van der Waals surface area contributed by atoms with Crippen molar-refractivity contribution in [3.63, 3.8) is 0 Å². The van der Waals surface area contributed by atoms with Crippen LogP contribution in [0.5, 0.6) is 0 Å². The highest BCUT2D eigenvalue weighted by atomic mass is 16.3. The topological polar surface area (TPSA) is 78.3 Å². The molecule has 3 N–H and O–H groups in total. The van der Waals surface area contributed by atoms with E-state index in [0.29, 0.717) is 11.6 Å². The van der Waals surface area contributed by atoms with Crippen molar-refractivity contribution < 1.29 is 10.2 Å². The van der Waals surface area contributed by atoms with Gasteiger partial charge in [-0.15, -0.1) is 0 Å². The molecule has 0 saturated carbocycles. The summed E-state index contributed by atoms with van der Waals surface area (Å²) in [6, 6.07) is 1.71. The quantitative estimate of drug-likeness (QED) is 0.636. The summed E-state index contributed by atoms with van der Waals surface area (Å²) >= 11 is 0. The molecule has 0 radical (unpaired) electrons. The van der Waals surface area contributed by atoms with E-state index in [1.54, 1.807) is 6.07 Å². The van der Waals surface area contributed by atoms with E-state index in [2.05, 4.69) is 15.3 Å². The maximum atomic E-state index is 8.88. The van der Waals surface area contributed by atoms with Gasteiger partial charge in [0.25, 0.3) is 0 Å². The Balaban J connectivity index is 2.81. The molecule has 78 valence electrons. The van der Waals surface area contributed by atoms with Crippen molar-refractivity contribution in [3.8, 4) is 0 Å². The summed E-state index contributed by atoms with van der Waals surface area (Å²) in [6.45, 7) is 3.53. The second-order valence-corrected chi connectivity index (χ2v) is 3.20. The molecule has 0 fully saturated rings. The molecule has 0 spiro atoms. The van der Waals surface area contributed by atoms with Crippen molar-refractivity contribution in [2.75, 3.05) is 11.9 Å². The van der Waals surface area contributed by atoms with E-state index in [9.17, 15) is 0 Å². The minimum atomic E-state index is -0.177. The molecule has 0 aromatic carbocycles. The van der Waals surface area contributed by atoms with Gasteiger partial charge in [0, 0.05) is 17.8 Å². The molecule has 5 nitrogen and oxygen atoms in total. The molecule has 1 aromatic rings. The second-order valence-electron chi connectivity index (χ2n) is 3.20. The Morgan fingerprint density at radius 2 is 2.14 bits per heavy atom. The first kappa shape index (κ1) is 10.9. The van der Waals surface area contributed by atoms with Gasteiger partial charge in [0.15, 0.2) is 5.82 Å². The Labute approximate surface area is 82.8 Å². The molecule has 14 heavy (non-hydrogen) atoms. The maximum absolute atomic E-state index is 8.88. The van der Waals surface area contributed by atoms with Gasteiger partial charge >= 0.3 is 0 Å². The number of aliphatic hydroxyl groups is 2. The van der Waals surface area contributed by atoms with Gasteiger partial charge in [-0.3, -0.25) is 0 Å². The van der Waals surface area contributed by atoms with Crippen LogP contribution in [-0.4, -0.2) is 32.8 Å². The van der Waals surface area contributed by atoms with Crippen LogP contribution >= 0.6 is 0 Å². The zero-order chi connectivity index (χ0) is 10.6. The molecule has 0 saturated heterocycles. The van der Waals surface area contributed by atoms with Crippen molar-refractivity contribution in [2.24, 2.45) is 0 Å². The lowest BCUT2D eigenvalue weighted by atomic mass is 10.3. The first-order valence-electron chi connectivity index (χ1n) is 4.48. The predicted molar refractivity (Wildman–Crippen MR) is 52.9 cm³/mol. The molecule has 1 atom stereocenters. The van der Waals surface area contributed by atoms with Crippen LogP contribution in [0, 0.1) is 6.92 Å². The van der Waals surface area contributed by atoms with Crippen molar-refractivity contribution in [3.05, 3.63) is 17.6 Å². The minimum Gasteiger partial charge on any atom is -0.394 e. The number of aromatic nitrogens is 2. The van der Waals surface area contributed by atoms with Gasteiger partial charge in [-0.1, -0.05) is 0 Å². The van der Waals surface area contributed by atoms with Crippen molar-refractivity contribution in [1.29, 1.82) is 0 Å².